The fourth-order valence-corrected chi connectivity index (χ4v) is 2.14. The predicted octanol–water partition coefficient (Wildman–Crippen LogP) is 3.31. The molecular weight excluding hydrogens is 276 g/mol. The number of hydrogen-bond donors (Lipinski definition) is 1. The molecule has 1 atom stereocenters. The van der Waals surface area contributed by atoms with Gasteiger partial charge >= 0.3 is 11.9 Å². The van der Waals surface area contributed by atoms with E-state index in [1.807, 2.05) is 18.4 Å². The van der Waals surface area contributed by atoms with Crippen molar-refractivity contribution in [3.8, 4) is 0 Å². The van der Waals surface area contributed by atoms with Gasteiger partial charge in [0.15, 0.2) is 0 Å². The first-order chi connectivity index (χ1) is 9.23. The van der Waals surface area contributed by atoms with Gasteiger partial charge in [-0.3, -0.25) is 9.59 Å². The lowest BCUT2D eigenvalue weighted by Gasteiger charge is -2.21. The molecular formula is C15H20O4S. The van der Waals surface area contributed by atoms with Crippen LogP contribution in [0.4, 0.5) is 0 Å². The summed E-state index contributed by atoms with van der Waals surface area (Å²) in [5, 5.41) is 9.29. The minimum absolute atomic E-state index is 0.161. The average Bonchev–Trinajstić information content (AvgIpc) is 2.34. The van der Waals surface area contributed by atoms with Crippen LogP contribution in [0.1, 0.15) is 38.7 Å². The number of hydrogen-bond acceptors (Lipinski definition) is 4. The number of benzene rings is 1. The molecule has 4 nitrogen and oxygen atoms in total. The smallest absolute Gasteiger partial charge is 0.311 e. The predicted molar refractivity (Wildman–Crippen MR) is 79.1 cm³/mol. The zero-order valence-electron chi connectivity index (χ0n) is 12.2. The summed E-state index contributed by atoms with van der Waals surface area (Å²) in [5.74, 6) is -2.40. The second kappa shape index (κ2) is 6.79. The van der Waals surface area contributed by atoms with E-state index in [4.69, 9.17) is 4.74 Å². The zero-order valence-corrected chi connectivity index (χ0v) is 13.0. The number of carboxylic acids is 1. The van der Waals surface area contributed by atoms with Crippen molar-refractivity contribution in [2.24, 2.45) is 0 Å². The summed E-state index contributed by atoms with van der Waals surface area (Å²) in [5.41, 5.74) is 0.00390. The molecule has 0 saturated carbocycles. The molecule has 1 aromatic carbocycles. The van der Waals surface area contributed by atoms with Crippen LogP contribution >= 0.6 is 11.8 Å². The third-order valence-corrected chi connectivity index (χ3v) is 3.35. The molecule has 0 aliphatic heterocycles. The maximum absolute atomic E-state index is 11.8. The summed E-state index contributed by atoms with van der Waals surface area (Å²) in [6, 6.07) is 7.19. The van der Waals surface area contributed by atoms with E-state index < -0.39 is 23.5 Å². The summed E-state index contributed by atoms with van der Waals surface area (Å²) < 4.78 is 5.18. The lowest BCUT2D eigenvalue weighted by molar-refractivity contribution is -0.158. The Kier molecular flexibility index (Phi) is 5.62. The quantitative estimate of drug-likeness (QED) is 0.667. The molecule has 0 aromatic heterocycles. The van der Waals surface area contributed by atoms with Crippen molar-refractivity contribution < 1.29 is 19.4 Å². The second-order valence-electron chi connectivity index (χ2n) is 5.45. The van der Waals surface area contributed by atoms with Crippen molar-refractivity contribution in [3.63, 3.8) is 0 Å². The van der Waals surface area contributed by atoms with E-state index in [2.05, 4.69) is 0 Å². The third-order valence-electron chi connectivity index (χ3n) is 2.61. The monoisotopic (exact) mass is 296 g/mol. The van der Waals surface area contributed by atoms with Crippen LogP contribution in [0.2, 0.25) is 0 Å². The van der Waals surface area contributed by atoms with Gasteiger partial charge in [-0.15, -0.1) is 11.8 Å². The molecule has 1 unspecified atom stereocenters. The van der Waals surface area contributed by atoms with Crippen LogP contribution in [0.15, 0.2) is 29.2 Å². The molecule has 1 aromatic rings. The van der Waals surface area contributed by atoms with Crippen LogP contribution in [0.5, 0.6) is 0 Å². The van der Waals surface area contributed by atoms with Gasteiger partial charge in [-0.2, -0.15) is 0 Å². The maximum Gasteiger partial charge on any atom is 0.311 e. The van der Waals surface area contributed by atoms with E-state index in [-0.39, 0.29) is 6.42 Å². The molecule has 0 amide bonds. The molecule has 0 bridgehead atoms. The molecule has 0 heterocycles. The minimum atomic E-state index is -1.02. The van der Waals surface area contributed by atoms with Crippen molar-refractivity contribution in [1.29, 1.82) is 0 Å². The number of rotatable bonds is 5. The first kappa shape index (κ1) is 16.6. The fraction of sp³-hybridized carbons (Fsp3) is 0.467. The number of aliphatic carboxylic acids is 1. The van der Waals surface area contributed by atoms with Crippen molar-refractivity contribution in [3.05, 3.63) is 29.8 Å². The van der Waals surface area contributed by atoms with Gasteiger partial charge in [-0.05, 0) is 44.7 Å². The molecule has 1 N–H and O–H groups in total. The highest BCUT2D eigenvalue weighted by atomic mass is 32.2. The molecule has 110 valence electrons. The summed E-state index contributed by atoms with van der Waals surface area (Å²) in [6.07, 6.45) is 1.79. The Morgan fingerprint density at radius 2 is 1.80 bits per heavy atom. The summed E-state index contributed by atoms with van der Waals surface area (Å²) in [6.45, 7) is 5.27. The van der Waals surface area contributed by atoms with Gasteiger partial charge in [0, 0.05) is 4.90 Å². The minimum Gasteiger partial charge on any atom is -0.481 e. The Morgan fingerprint density at radius 1 is 1.25 bits per heavy atom. The average molecular weight is 296 g/mol. The Bertz CT molecular complexity index is 474. The van der Waals surface area contributed by atoms with Gasteiger partial charge in [-0.1, -0.05) is 12.1 Å². The largest absolute Gasteiger partial charge is 0.481 e. The summed E-state index contributed by atoms with van der Waals surface area (Å²) in [4.78, 5) is 24.2. The number of carbonyl (C=O) groups is 2. The molecule has 20 heavy (non-hydrogen) atoms. The molecule has 0 radical (unpaired) electrons. The van der Waals surface area contributed by atoms with Crippen LogP contribution in [-0.2, 0) is 14.3 Å². The van der Waals surface area contributed by atoms with Gasteiger partial charge in [0.2, 0.25) is 0 Å². The SMILES string of the molecule is CSc1ccc(C(CC(=O)OC(C)(C)C)C(=O)O)cc1. The highest BCUT2D eigenvalue weighted by Gasteiger charge is 2.26. The van der Waals surface area contributed by atoms with E-state index in [1.165, 1.54) is 0 Å². The first-order valence-electron chi connectivity index (χ1n) is 6.31. The van der Waals surface area contributed by atoms with Crippen LogP contribution in [0.3, 0.4) is 0 Å². The number of carboxylic acid groups (broad SMARTS) is 1. The van der Waals surface area contributed by atoms with E-state index in [1.54, 1.807) is 44.7 Å². The standard InChI is InChI=1S/C15H20O4S/c1-15(2,3)19-13(16)9-12(14(17)18)10-5-7-11(20-4)8-6-10/h5-8,12H,9H2,1-4H3,(H,17,18). The van der Waals surface area contributed by atoms with E-state index >= 15 is 0 Å². The van der Waals surface area contributed by atoms with Crippen molar-refractivity contribution >= 4 is 23.7 Å². The van der Waals surface area contributed by atoms with Gasteiger partial charge in [-0.25, -0.2) is 0 Å². The van der Waals surface area contributed by atoms with Crippen LogP contribution < -0.4 is 0 Å². The van der Waals surface area contributed by atoms with Crippen molar-refractivity contribution in [2.75, 3.05) is 6.26 Å². The second-order valence-corrected chi connectivity index (χ2v) is 6.33. The fourth-order valence-electron chi connectivity index (χ4n) is 1.73. The summed E-state index contributed by atoms with van der Waals surface area (Å²) >= 11 is 1.58. The van der Waals surface area contributed by atoms with Gasteiger partial charge in [0.1, 0.15) is 5.60 Å². The molecule has 0 aliphatic carbocycles. The van der Waals surface area contributed by atoms with E-state index in [0.717, 1.165) is 4.90 Å². The topological polar surface area (TPSA) is 63.6 Å². The highest BCUT2D eigenvalue weighted by Crippen LogP contribution is 2.24. The Hall–Kier alpha value is -1.49. The summed E-state index contributed by atoms with van der Waals surface area (Å²) in [7, 11) is 0. The van der Waals surface area contributed by atoms with E-state index in [9.17, 15) is 14.7 Å². The van der Waals surface area contributed by atoms with Crippen LogP contribution in [0.25, 0.3) is 0 Å². The molecule has 1 rings (SSSR count). The third kappa shape index (κ3) is 5.25. The molecule has 5 heteroatoms. The van der Waals surface area contributed by atoms with Crippen LogP contribution in [0, 0.1) is 0 Å². The van der Waals surface area contributed by atoms with Crippen molar-refractivity contribution in [1.82, 2.24) is 0 Å². The Balaban J connectivity index is 2.83. The Morgan fingerprint density at radius 3 is 2.20 bits per heavy atom. The highest BCUT2D eigenvalue weighted by molar-refractivity contribution is 7.98. The number of thioether (sulfide) groups is 1. The lowest BCUT2D eigenvalue weighted by atomic mass is 9.96. The van der Waals surface area contributed by atoms with Gasteiger partial charge in [0.25, 0.3) is 0 Å². The van der Waals surface area contributed by atoms with Crippen molar-refractivity contribution in [2.45, 2.75) is 43.6 Å². The molecule has 0 spiro atoms. The first-order valence-corrected chi connectivity index (χ1v) is 7.54. The van der Waals surface area contributed by atoms with Gasteiger partial charge < -0.3 is 9.84 Å². The van der Waals surface area contributed by atoms with Gasteiger partial charge in [0.05, 0.1) is 12.3 Å². The lowest BCUT2D eigenvalue weighted by Crippen LogP contribution is -2.26. The Labute approximate surface area is 123 Å². The maximum atomic E-state index is 11.8. The molecule has 0 aliphatic rings. The number of carbonyl (C=O) groups excluding carboxylic acids is 1. The van der Waals surface area contributed by atoms with E-state index in [0.29, 0.717) is 5.56 Å². The normalized spacial score (nSPS) is 12.8. The zero-order chi connectivity index (χ0) is 15.3. The van der Waals surface area contributed by atoms with Crippen LogP contribution in [-0.4, -0.2) is 28.9 Å². The number of esters is 1. The number of ether oxygens (including phenoxy) is 1. The molecule has 0 fully saturated rings. The molecule has 0 saturated heterocycles.